The zero-order valence-electron chi connectivity index (χ0n) is 19.8. The van der Waals surface area contributed by atoms with Crippen molar-refractivity contribution in [1.29, 1.82) is 0 Å². The number of carbonyl (C=O) groups is 3. The summed E-state index contributed by atoms with van der Waals surface area (Å²) in [4.78, 5) is 38.1. The molecule has 2 rings (SSSR count). The van der Waals surface area contributed by atoms with E-state index in [1.165, 1.54) is 13.2 Å². The highest BCUT2D eigenvalue weighted by Crippen LogP contribution is 2.27. The maximum atomic E-state index is 13.3. The highest BCUT2D eigenvalue weighted by atomic mass is 35.5. The highest BCUT2D eigenvalue weighted by Gasteiger charge is 2.37. The summed E-state index contributed by atoms with van der Waals surface area (Å²) in [6.45, 7) is 3.93. The molecule has 0 spiro atoms. The molecule has 0 radical (unpaired) electrons. The van der Waals surface area contributed by atoms with E-state index < -0.39 is 18.0 Å². The minimum Gasteiger partial charge on any atom is -0.465 e. The predicted molar refractivity (Wildman–Crippen MR) is 128 cm³/mol. The van der Waals surface area contributed by atoms with Gasteiger partial charge >= 0.3 is 11.9 Å². The molecule has 0 saturated heterocycles. The van der Waals surface area contributed by atoms with Crippen LogP contribution in [0.4, 0.5) is 5.69 Å². The Labute approximate surface area is 200 Å². The summed E-state index contributed by atoms with van der Waals surface area (Å²) in [5, 5.41) is 3.25. The van der Waals surface area contributed by atoms with Gasteiger partial charge in [0.05, 0.1) is 32.5 Å². The van der Waals surface area contributed by atoms with Crippen LogP contribution >= 0.6 is 11.6 Å². The average molecular weight is 476 g/mol. The zero-order valence-corrected chi connectivity index (χ0v) is 20.6. The molecule has 1 amide bonds. The van der Waals surface area contributed by atoms with Crippen molar-refractivity contribution in [3.8, 4) is 0 Å². The fourth-order valence-electron chi connectivity index (χ4n) is 3.68. The summed E-state index contributed by atoms with van der Waals surface area (Å²) in [6, 6.07) is 12.0. The zero-order chi connectivity index (χ0) is 24.6. The molecular formula is C25H32ClN2O5+. The van der Waals surface area contributed by atoms with Crippen LogP contribution in [0.3, 0.4) is 0 Å². The normalized spacial score (nSPS) is 12.1. The van der Waals surface area contributed by atoms with Crippen molar-refractivity contribution >= 4 is 35.1 Å². The van der Waals surface area contributed by atoms with E-state index in [0.717, 1.165) is 12.0 Å². The van der Waals surface area contributed by atoms with Crippen molar-refractivity contribution in [2.24, 2.45) is 0 Å². The largest absolute Gasteiger partial charge is 0.465 e. The second-order valence-corrected chi connectivity index (χ2v) is 8.95. The minimum atomic E-state index is -0.596. The van der Waals surface area contributed by atoms with Gasteiger partial charge in [-0.1, -0.05) is 48.9 Å². The van der Waals surface area contributed by atoms with Crippen LogP contribution in [-0.4, -0.2) is 56.1 Å². The Hall–Kier alpha value is -2.90. The lowest BCUT2D eigenvalue weighted by Crippen LogP contribution is -2.57. The van der Waals surface area contributed by atoms with E-state index in [2.05, 4.69) is 5.32 Å². The minimum absolute atomic E-state index is 0.0222. The molecule has 178 valence electrons. The fraction of sp³-hybridized carbons (Fsp3) is 0.400. The SMILES string of the molecule is CCCC(C(=O)Nc1c(C)cc(Cl)cc1C(=O)OC)[N+](C)(C)CC(=O)OCc1ccccc1. The van der Waals surface area contributed by atoms with Crippen molar-refractivity contribution in [2.45, 2.75) is 39.3 Å². The number of hydrogen-bond acceptors (Lipinski definition) is 5. The summed E-state index contributed by atoms with van der Waals surface area (Å²) in [7, 11) is 4.91. The van der Waals surface area contributed by atoms with Crippen LogP contribution in [0.25, 0.3) is 0 Å². The summed E-state index contributed by atoms with van der Waals surface area (Å²) >= 11 is 6.10. The number of esters is 2. The van der Waals surface area contributed by atoms with Gasteiger partial charge in [-0.25, -0.2) is 9.59 Å². The van der Waals surface area contributed by atoms with Crippen LogP contribution in [-0.2, 0) is 25.7 Å². The summed E-state index contributed by atoms with van der Waals surface area (Å²) in [5.41, 5.74) is 2.06. The molecule has 1 atom stereocenters. The average Bonchev–Trinajstić information content (AvgIpc) is 2.77. The van der Waals surface area contributed by atoms with Crippen LogP contribution in [0.5, 0.6) is 0 Å². The quantitative estimate of drug-likeness (QED) is 0.408. The maximum absolute atomic E-state index is 13.3. The van der Waals surface area contributed by atoms with Crippen LogP contribution in [0, 0.1) is 6.92 Å². The topological polar surface area (TPSA) is 81.7 Å². The first-order chi connectivity index (χ1) is 15.6. The van der Waals surface area contributed by atoms with Gasteiger partial charge in [-0.15, -0.1) is 0 Å². The third-order valence-corrected chi connectivity index (χ3v) is 5.66. The number of hydrogen-bond donors (Lipinski definition) is 1. The molecular weight excluding hydrogens is 444 g/mol. The number of amides is 1. The number of halogens is 1. The van der Waals surface area contributed by atoms with Gasteiger partial charge in [0.2, 0.25) is 0 Å². The standard InChI is InChI=1S/C25H31ClN2O5/c1-6-10-21(28(3,4)15-22(29)33-16-18-11-8-7-9-12-18)24(30)27-23-17(2)13-19(26)14-20(23)25(31)32-5/h7-9,11-14,21H,6,10,15-16H2,1-5H3/p+1. The number of quaternary nitrogens is 1. The van der Waals surface area contributed by atoms with E-state index in [9.17, 15) is 14.4 Å². The first-order valence-corrected chi connectivity index (χ1v) is 11.2. The van der Waals surface area contributed by atoms with Gasteiger partial charge in [0, 0.05) is 11.4 Å². The molecule has 0 aliphatic heterocycles. The van der Waals surface area contributed by atoms with Crippen LogP contribution in [0.15, 0.2) is 42.5 Å². The number of rotatable bonds is 10. The Morgan fingerprint density at radius 2 is 1.79 bits per heavy atom. The van der Waals surface area contributed by atoms with Crippen LogP contribution in [0.2, 0.25) is 5.02 Å². The molecule has 0 aliphatic carbocycles. The van der Waals surface area contributed by atoms with Gasteiger partial charge in [-0.3, -0.25) is 4.79 Å². The third kappa shape index (κ3) is 7.30. The van der Waals surface area contributed by atoms with Gasteiger partial charge in [0.15, 0.2) is 12.6 Å². The lowest BCUT2D eigenvalue weighted by molar-refractivity contribution is -0.899. The third-order valence-electron chi connectivity index (χ3n) is 5.44. The number of likely N-dealkylation sites (N-methyl/N-ethyl adjacent to an activating group) is 1. The Kier molecular flexibility index (Phi) is 9.44. The monoisotopic (exact) mass is 475 g/mol. The second kappa shape index (κ2) is 11.8. The van der Waals surface area contributed by atoms with Crippen molar-refractivity contribution in [3.63, 3.8) is 0 Å². The Morgan fingerprint density at radius 1 is 1.12 bits per heavy atom. The molecule has 0 heterocycles. The highest BCUT2D eigenvalue weighted by molar-refractivity contribution is 6.31. The number of aryl methyl sites for hydroxylation is 1. The maximum Gasteiger partial charge on any atom is 0.362 e. The fourth-order valence-corrected chi connectivity index (χ4v) is 3.96. The van der Waals surface area contributed by atoms with Gasteiger partial charge in [0.25, 0.3) is 5.91 Å². The van der Waals surface area contributed by atoms with Gasteiger partial charge in [-0.05, 0) is 36.6 Å². The van der Waals surface area contributed by atoms with Gasteiger partial charge in [0.1, 0.15) is 6.61 Å². The molecule has 0 fully saturated rings. The van der Waals surface area contributed by atoms with Gasteiger partial charge in [-0.2, -0.15) is 0 Å². The van der Waals surface area contributed by atoms with E-state index in [-0.39, 0.29) is 29.1 Å². The first kappa shape index (κ1) is 26.4. The predicted octanol–water partition coefficient (Wildman–Crippen LogP) is 4.36. The molecule has 0 saturated carbocycles. The van der Waals surface area contributed by atoms with E-state index in [0.29, 0.717) is 22.7 Å². The van der Waals surface area contributed by atoms with Crippen LogP contribution < -0.4 is 5.32 Å². The Morgan fingerprint density at radius 3 is 2.39 bits per heavy atom. The molecule has 0 aliphatic rings. The molecule has 0 bridgehead atoms. The first-order valence-electron chi connectivity index (χ1n) is 10.8. The smallest absolute Gasteiger partial charge is 0.362 e. The molecule has 8 heteroatoms. The molecule has 0 aromatic heterocycles. The number of methoxy groups -OCH3 is 1. The number of nitrogens with zero attached hydrogens (tertiary/aromatic N) is 1. The molecule has 33 heavy (non-hydrogen) atoms. The number of nitrogens with one attached hydrogen (secondary N) is 1. The lowest BCUT2D eigenvalue weighted by atomic mass is 10.0. The van der Waals surface area contributed by atoms with Crippen LogP contribution in [0.1, 0.15) is 41.3 Å². The number of benzene rings is 2. The molecule has 1 unspecified atom stereocenters. The van der Waals surface area contributed by atoms with E-state index in [1.807, 2.05) is 51.4 Å². The molecule has 2 aromatic carbocycles. The Bertz CT molecular complexity index is 992. The summed E-state index contributed by atoms with van der Waals surface area (Å²) in [5.74, 6) is -1.29. The van der Waals surface area contributed by atoms with Crippen molar-refractivity contribution in [1.82, 2.24) is 0 Å². The summed E-state index contributed by atoms with van der Waals surface area (Å²) in [6.07, 6.45) is 1.29. The van der Waals surface area contributed by atoms with E-state index in [1.54, 1.807) is 13.0 Å². The lowest BCUT2D eigenvalue weighted by Gasteiger charge is -2.36. The number of ether oxygens (including phenoxy) is 2. The van der Waals surface area contributed by atoms with Gasteiger partial charge < -0.3 is 19.3 Å². The van der Waals surface area contributed by atoms with E-state index >= 15 is 0 Å². The summed E-state index contributed by atoms with van der Waals surface area (Å²) < 4.78 is 10.4. The van der Waals surface area contributed by atoms with Crippen molar-refractivity contribution in [2.75, 3.05) is 33.1 Å². The van der Waals surface area contributed by atoms with E-state index in [4.69, 9.17) is 21.1 Å². The molecule has 7 nitrogen and oxygen atoms in total. The second-order valence-electron chi connectivity index (χ2n) is 8.51. The number of carbonyl (C=O) groups excluding carboxylic acids is 3. The van der Waals surface area contributed by atoms with Crippen molar-refractivity contribution in [3.05, 3.63) is 64.2 Å². The molecule has 1 N–H and O–H groups in total. The number of anilines is 1. The van der Waals surface area contributed by atoms with Crippen molar-refractivity contribution < 1.29 is 28.3 Å². The molecule has 2 aromatic rings. The Balaban J connectivity index is 2.18.